The molecular weight excluding hydrogens is 204 g/mol. The highest BCUT2D eigenvalue weighted by Crippen LogP contribution is 2.33. The van der Waals surface area contributed by atoms with Gasteiger partial charge in [0.1, 0.15) is 11.3 Å². The zero-order chi connectivity index (χ0) is 12.5. The molecule has 2 N–H and O–H groups in total. The highest BCUT2D eigenvalue weighted by atomic mass is 16.4. The number of hydrogen-bond acceptors (Lipinski definition) is 2. The van der Waals surface area contributed by atoms with Gasteiger partial charge in [-0.25, -0.2) is 4.79 Å². The molecule has 0 aliphatic heterocycles. The van der Waals surface area contributed by atoms with E-state index in [4.69, 9.17) is 5.11 Å². The van der Waals surface area contributed by atoms with Crippen LogP contribution in [0.1, 0.15) is 48.7 Å². The molecule has 88 valence electrons. The lowest BCUT2D eigenvalue weighted by Gasteiger charge is -2.26. The summed E-state index contributed by atoms with van der Waals surface area (Å²) in [4.78, 5) is 10.9. The maximum absolute atomic E-state index is 10.9. The number of aromatic hydroxyl groups is 1. The van der Waals surface area contributed by atoms with E-state index >= 15 is 0 Å². The van der Waals surface area contributed by atoms with Crippen LogP contribution >= 0.6 is 0 Å². The summed E-state index contributed by atoms with van der Waals surface area (Å²) < 4.78 is 0. The number of carboxylic acids is 1. The van der Waals surface area contributed by atoms with Crippen molar-refractivity contribution in [3.8, 4) is 5.75 Å². The first kappa shape index (κ1) is 12.6. The van der Waals surface area contributed by atoms with Crippen molar-refractivity contribution in [1.82, 2.24) is 0 Å². The van der Waals surface area contributed by atoms with E-state index in [0.29, 0.717) is 0 Å². The van der Waals surface area contributed by atoms with Crippen molar-refractivity contribution in [3.05, 3.63) is 28.8 Å². The van der Waals surface area contributed by atoms with E-state index in [9.17, 15) is 9.90 Å². The number of hydrogen-bond donors (Lipinski definition) is 2. The molecule has 0 aliphatic rings. The van der Waals surface area contributed by atoms with Crippen LogP contribution in [0.3, 0.4) is 0 Å². The number of rotatable bonds is 3. The van der Waals surface area contributed by atoms with Gasteiger partial charge in [0.2, 0.25) is 0 Å². The smallest absolute Gasteiger partial charge is 0.339 e. The predicted molar refractivity (Wildman–Crippen MR) is 63.1 cm³/mol. The number of aromatic carboxylic acids is 1. The Morgan fingerprint density at radius 3 is 2.38 bits per heavy atom. The minimum atomic E-state index is -1.09. The number of carbonyl (C=O) groups is 1. The van der Waals surface area contributed by atoms with Crippen molar-refractivity contribution in [3.63, 3.8) is 0 Å². The molecule has 3 heteroatoms. The molecule has 1 rings (SSSR count). The average Bonchev–Trinajstić information content (AvgIpc) is 2.16. The first-order chi connectivity index (χ1) is 7.29. The summed E-state index contributed by atoms with van der Waals surface area (Å²) in [6.45, 7) is 8.08. The van der Waals surface area contributed by atoms with Crippen LogP contribution < -0.4 is 0 Å². The van der Waals surface area contributed by atoms with Crippen LogP contribution in [-0.4, -0.2) is 16.2 Å². The van der Waals surface area contributed by atoms with Crippen LogP contribution in [-0.2, 0) is 5.41 Å². The van der Waals surface area contributed by atoms with Crippen molar-refractivity contribution in [1.29, 1.82) is 0 Å². The Balaban J connectivity index is 3.42. The highest BCUT2D eigenvalue weighted by Gasteiger charge is 2.23. The molecular formula is C13H18O3. The van der Waals surface area contributed by atoms with Crippen LogP contribution in [0.4, 0.5) is 0 Å². The van der Waals surface area contributed by atoms with Gasteiger partial charge in [-0.3, -0.25) is 0 Å². The molecule has 0 unspecified atom stereocenters. The fourth-order valence-corrected chi connectivity index (χ4v) is 1.78. The third kappa shape index (κ3) is 2.18. The third-order valence-electron chi connectivity index (χ3n) is 3.19. The summed E-state index contributed by atoms with van der Waals surface area (Å²) >= 11 is 0. The highest BCUT2D eigenvalue weighted by molar-refractivity contribution is 5.91. The van der Waals surface area contributed by atoms with Crippen LogP contribution in [0.2, 0.25) is 0 Å². The quantitative estimate of drug-likeness (QED) is 0.826. The molecule has 0 aromatic heterocycles. The van der Waals surface area contributed by atoms with E-state index in [0.717, 1.165) is 17.5 Å². The van der Waals surface area contributed by atoms with E-state index in [1.165, 1.54) is 6.07 Å². The van der Waals surface area contributed by atoms with Gasteiger partial charge in [0, 0.05) is 0 Å². The first-order valence-electron chi connectivity index (χ1n) is 5.37. The van der Waals surface area contributed by atoms with E-state index in [1.807, 2.05) is 6.92 Å². The van der Waals surface area contributed by atoms with Gasteiger partial charge in [0.05, 0.1) is 0 Å². The predicted octanol–water partition coefficient (Wildman–Crippen LogP) is 3.09. The molecule has 0 spiro atoms. The SMILES string of the molecule is CCC(C)(C)c1cc(C(=O)O)c(O)cc1C. The summed E-state index contributed by atoms with van der Waals surface area (Å²) in [5.74, 6) is -1.26. The van der Waals surface area contributed by atoms with Crippen molar-refractivity contribution in [2.75, 3.05) is 0 Å². The number of benzene rings is 1. The minimum Gasteiger partial charge on any atom is -0.507 e. The topological polar surface area (TPSA) is 57.5 Å². The zero-order valence-corrected chi connectivity index (χ0v) is 10.2. The van der Waals surface area contributed by atoms with Crippen molar-refractivity contribution < 1.29 is 15.0 Å². The lowest BCUT2D eigenvalue weighted by Crippen LogP contribution is -2.18. The Labute approximate surface area is 95.7 Å². The average molecular weight is 222 g/mol. The molecule has 1 aromatic carbocycles. The second-order valence-corrected chi connectivity index (χ2v) is 4.73. The zero-order valence-electron chi connectivity index (χ0n) is 10.2. The van der Waals surface area contributed by atoms with Crippen LogP contribution in [0.25, 0.3) is 0 Å². The van der Waals surface area contributed by atoms with Gasteiger partial charge in [-0.2, -0.15) is 0 Å². The van der Waals surface area contributed by atoms with Gasteiger partial charge in [-0.05, 0) is 42.0 Å². The minimum absolute atomic E-state index is 0.0258. The number of carboxylic acid groups (broad SMARTS) is 1. The maximum atomic E-state index is 10.9. The van der Waals surface area contributed by atoms with Gasteiger partial charge in [0.25, 0.3) is 0 Å². The van der Waals surface area contributed by atoms with E-state index in [-0.39, 0.29) is 16.7 Å². The lowest BCUT2D eigenvalue weighted by atomic mass is 9.79. The molecule has 0 bridgehead atoms. The van der Waals surface area contributed by atoms with Crippen LogP contribution in [0, 0.1) is 6.92 Å². The molecule has 0 saturated heterocycles. The largest absolute Gasteiger partial charge is 0.507 e. The van der Waals surface area contributed by atoms with Crippen LogP contribution in [0.15, 0.2) is 12.1 Å². The van der Waals surface area contributed by atoms with Crippen molar-refractivity contribution >= 4 is 5.97 Å². The van der Waals surface area contributed by atoms with E-state index in [1.54, 1.807) is 6.07 Å². The Morgan fingerprint density at radius 2 is 1.94 bits per heavy atom. The van der Waals surface area contributed by atoms with Crippen molar-refractivity contribution in [2.45, 2.75) is 39.5 Å². The second kappa shape index (κ2) is 4.16. The summed E-state index contributed by atoms with van der Waals surface area (Å²) in [6.07, 6.45) is 0.914. The monoisotopic (exact) mass is 222 g/mol. The van der Waals surface area contributed by atoms with E-state index in [2.05, 4.69) is 20.8 Å². The molecule has 0 heterocycles. The molecule has 0 amide bonds. The molecule has 0 radical (unpaired) electrons. The van der Waals surface area contributed by atoms with E-state index < -0.39 is 5.97 Å². The maximum Gasteiger partial charge on any atom is 0.339 e. The van der Waals surface area contributed by atoms with Gasteiger partial charge < -0.3 is 10.2 Å². The Bertz CT molecular complexity index is 419. The fourth-order valence-electron chi connectivity index (χ4n) is 1.78. The summed E-state index contributed by atoms with van der Waals surface area (Å²) in [7, 11) is 0. The Hall–Kier alpha value is -1.51. The summed E-state index contributed by atoms with van der Waals surface area (Å²) in [5, 5.41) is 18.5. The Morgan fingerprint density at radius 1 is 1.38 bits per heavy atom. The number of aryl methyl sites for hydroxylation is 1. The molecule has 0 saturated carbocycles. The fraction of sp³-hybridized carbons (Fsp3) is 0.462. The van der Waals surface area contributed by atoms with Gasteiger partial charge in [-0.1, -0.05) is 20.8 Å². The molecule has 3 nitrogen and oxygen atoms in total. The molecule has 0 fully saturated rings. The molecule has 0 aliphatic carbocycles. The Kier molecular flexibility index (Phi) is 3.27. The standard InChI is InChI=1S/C13H18O3/c1-5-13(3,4)10-7-9(12(15)16)11(14)6-8(10)2/h6-7,14H,5H2,1-4H3,(H,15,16). The molecule has 1 aromatic rings. The number of phenols is 1. The van der Waals surface area contributed by atoms with Gasteiger partial charge in [-0.15, -0.1) is 0 Å². The molecule has 16 heavy (non-hydrogen) atoms. The molecule has 0 atom stereocenters. The lowest BCUT2D eigenvalue weighted by molar-refractivity contribution is 0.0693. The normalized spacial score (nSPS) is 11.5. The first-order valence-corrected chi connectivity index (χ1v) is 5.37. The van der Waals surface area contributed by atoms with Gasteiger partial charge in [0.15, 0.2) is 0 Å². The third-order valence-corrected chi connectivity index (χ3v) is 3.19. The summed E-state index contributed by atoms with van der Waals surface area (Å²) in [6, 6.07) is 3.10. The van der Waals surface area contributed by atoms with Crippen molar-refractivity contribution in [2.24, 2.45) is 0 Å². The van der Waals surface area contributed by atoms with Crippen LogP contribution in [0.5, 0.6) is 5.75 Å². The van der Waals surface area contributed by atoms with Gasteiger partial charge >= 0.3 is 5.97 Å². The summed E-state index contributed by atoms with van der Waals surface area (Å²) in [5.41, 5.74) is 1.80. The second-order valence-electron chi connectivity index (χ2n) is 4.73.